The Morgan fingerprint density at radius 2 is 2.12 bits per heavy atom. The quantitative estimate of drug-likeness (QED) is 0.801. The number of aromatic nitrogens is 1. The number of rotatable bonds is 3. The van der Waals surface area contributed by atoms with Gasteiger partial charge in [-0.05, 0) is 18.1 Å². The van der Waals surface area contributed by atoms with Gasteiger partial charge in [0.05, 0.1) is 7.11 Å². The second kappa shape index (κ2) is 4.66. The largest absolute Gasteiger partial charge is 0.497 e. The van der Waals surface area contributed by atoms with Crippen LogP contribution in [-0.2, 0) is 0 Å². The van der Waals surface area contributed by atoms with Crippen LogP contribution < -0.4 is 4.74 Å². The molecule has 0 atom stereocenters. The van der Waals surface area contributed by atoms with Gasteiger partial charge in [0.2, 0.25) is 0 Å². The minimum absolute atomic E-state index is 0.539. The van der Waals surface area contributed by atoms with Crippen LogP contribution >= 0.6 is 11.3 Å². The minimum atomic E-state index is 0.539. The van der Waals surface area contributed by atoms with Gasteiger partial charge in [-0.2, -0.15) is 0 Å². The van der Waals surface area contributed by atoms with Gasteiger partial charge in [0, 0.05) is 16.6 Å². The van der Waals surface area contributed by atoms with E-state index in [0.29, 0.717) is 5.92 Å². The Morgan fingerprint density at radius 3 is 2.75 bits per heavy atom. The van der Waals surface area contributed by atoms with E-state index in [2.05, 4.69) is 24.9 Å². The number of benzene rings is 1. The van der Waals surface area contributed by atoms with Gasteiger partial charge in [-0.1, -0.05) is 26.0 Å². The molecule has 1 heterocycles. The van der Waals surface area contributed by atoms with Gasteiger partial charge < -0.3 is 4.74 Å². The van der Waals surface area contributed by atoms with Crippen molar-refractivity contribution in [3.63, 3.8) is 0 Å². The fourth-order valence-corrected chi connectivity index (χ4v) is 2.36. The molecule has 1 aromatic heterocycles. The van der Waals surface area contributed by atoms with E-state index in [0.717, 1.165) is 16.3 Å². The van der Waals surface area contributed by atoms with Crippen LogP contribution in [0.4, 0.5) is 0 Å². The summed E-state index contributed by atoms with van der Waals surface area (Å²) in [4.78, 5) is 5.76. The van der Waals surface area contributed by atoms with Crippen LogP contribution in [-0.4, -0.2) is 12.1 Å². The first kappa shape index (κ1) is 11.1. The van der Waals surface area contributed by atoms with Crippen LogP contribution in [0.5, 0.6) is 5.75 Å². The van der Waals surface area contributed by atoms with Gasteiger partial charge in [0.25, 0.3) is 0 Å². The van der Waals surface area contributed by atoms with Crippen molar-refractivity contribution in [2.45, 2.75) is 19.8 Å². The Morgan fingerprint density at radius 1 is 1.31 bits per heavy atom. The number of thiazole rings is 1. The lowest BCUT2D eigenvalue weighted by Gasteiger charge is -2.01. The topological polar surface area (TPSA) is 22.1 Å². The summed E-state index contributed by atoms with van der Waals surface area (Å²) in [6.07, 6.45) is 1.96. The molecule has 16 heavy (non-hydrogen) atoms. The molecule has 0 unspecified atom stereocenters. The molecule has 0 radical (unpaired) electrons. The summed E-state index contributed by atoms with van der Waals surface area (Å²) in [7, 11) is 1.68. The standard InChI is InChI=1S/C13H15NOS/c1-9(2)12-8-14-13(16-12)10-5-4-6-11(7-10)15-3/h4-9H,1-3H3. The molecular weight excluding hydrogens is 218 g/mol. The second-order valence-corrected chi connectivity index (χ2v) is 5.02. The zero-order chi connectivity index (χ0) is 11.5. The number of methoxy groups -OCH3 is 1. The summed E-state index contributed by atoms with van der Waals surface area (Å²) >= 11 is 1.75. The van der Waals surface area contributed by atoms with Crippen LogP contribution in [0.25, 0.3) is 10.6 Å². The summed E-state index contributed by atoms with van der Waals surface area (Å²) in [6.45, 7) is 4.37. The first-order valence-corrected chi connectivity index (χ1v) is 6.12. The SMILES string of the molecule is COc1cccc(-c2ncc(C(C)C)s2)c1. The van der Waals surface area contributed by atoms with Crippen molar-refractivity contribution in [3.8, 4) is 16.3 Å². The van der Waals surface area contributed by atoms with Crippen molar-refractivity contribution in [2.24, 2.45) is 0 Å². The van der Waals surface area contributed by atoms with Crippen molar-refractivity contribution in [2.75, 3.05) is 7.11 Å². The maximum atomic E-state index is 5.21. The lowest BCUT2D eigenvalue weighted by atomic mass is 10.2. The van der Waals surface area contributed by atoms with E-state index in [9.17, 15) is 0 Å². The van der Waals surface area contributed by atoms with Gasteiger partial charge in [-0.15, -0.1) is 11.3 Å². The molecule has 0 aliphatic rings. The average molecular weight is 233 g/mol. The highest BCUT2D eigenvalue weighted by molar-refractivity contribution is 7.15. The Balaban J connectivity index is 2.34. The highest BCUT2D eigenvalue weighted by Crippen LogP contribution is 2.30. The Bertz CT molecular complexity index is 476. The van der Waals surface area contributed by atoms with Crippen molar-refractivity contribution in [3.05, 3.63) is 35.3 Å². The molecule has 0 saturated carbocycles. The molecule has 0 fully saturated rings. The molecule has 0 aliphatic heterocycles. The van der Waals surface area contributed by atoms with Crippen LogP contribution in [0.15, 0.2) is 30.5 Å². The Labute approximate surface area is 99.9 Å². The van der Waals surface area contributed by atoms with E-state index in [1.165, 1.54) is 4.88 Å². The van der Waals surface area contributed by atoms with E-state index in [1.54, 1.807) is 18.4 Å². The van der Waals surface area contributed by atoms with Crippen LogP contribution in [0.2, 0.25) is 0 Å². The predicted molar refractivity (Wildman–Crippen MR) is 68.2 cm³/mol. The van der Waals surface area contributed by atoms with Crippen molar-refractivity contribution >= 4 is 11.3 Å². The molecule has 0 amide bonds. The molecule has 0 N–H and O–H groups in total. The summed E-state index contributed by atoms with van der Waals surface area (Å²) in [5.74, 6) is 1.41. The zero-order valence-corrected chi connectivity index (χ0v) is 10.5. The number of nitrogens with zero attached hydrogens (tertiary/aromatic N) is 1. The first-order valence-electron chi connectivity index (χ1n) is 5.31. The van der Waals surface area contributed by atoms with Crippen LogP contribution in [0, 0.1) is 0 Å². The van der Waals surface area contributed by atoms with Gasteiger partial charge in [0.1, 0.15) is 10.8 Å². The third-order valence-electron chi connectivity index (χ3n) is 2.41. The average Bonchev–Trinajstić information content (AvgIpc) is 2.78. The molecular formula is C13H15NOS. The normalized spacial score (nSPS) is 10.8. The highest BCUT2D eigenvalue weighted by Gasteiger charge is 2.07. The van der Waals surface area contributed by atoms with E-state index in [1.807, 2.05) is 24.4 Å². The predicted octanol–water partition coefficient (Wildman–Crippen LogP) is 3.94. The fourth-order valence-electron chi connectivity index (χ4n) is 1.44. The fraction of sp³-hybridized carbons (Fsp3) is 0.308. The van der Waals surface area contributed by atoms with E-state index in [-0.39, 0.29) is 0 Å². The van der Waals surface area contributed by atoms with Gasteiger partial charge >= 0.3 is 0 Å². The molecule has 0 bridgehead atoms. The lowest BCUT2D eigenvalue weighted by Crippen LogP contribution is -1.82. The molecule has 1 aromatic carbocycles. The number of ether oxygens (including phenoxy) is 1. The number of hydrogen-bond donors (Lipinski definition) is 0. The van der Waals surface area contributed by atoms with Crippen molar-refractivity contribution in [1.82, 2.24) is 4.98 Å². The third kappa shape index (κ3) is 2.25. The van der Waals surface area contributed by atoms with Crippen LogP contribution in [0.1, 0.15) is 24.6 Å². The molecule has 0 aliphatic carbocycles. The maximum Gasteiger partial charge on any atom is 0.123 e. The lowest BCUT2D eigenvalue weighted by molar-refractivity contribution is 0.415. The molecule has 0 saturated heterocycles. The molecule has 2 nitrogen and oxygen atoms in total. The van der Waals surface area contributed by atoms with E-state index in [4.69, 9.17) is 4.74 Å². The monoisotopic (exact) mass is 233 g/mol. The van der Waals surface area contributed by atoms with E-state index < -0.39 is 0 Å². The van der Waals surface area contributed by atoms with Crippen LogP contribution in [0.3, 0.4) is 0 Å². The molecule has 2 rings (SSSR count). The highest BCUT2D eigenvalue weighted by atomic mass is 32.1. The van der Waals surface area contributed by atoms with Gasteiger partial charge in [-0.3, -0.25) is 0 Å². The summed E-state index contributed by atoms with van der Waals surface area (Å²) in [6, 6.07) is 8.01. The van der Waals surface area contributed by atoms with Crippen molar-refractivity contribution in [1.29, 1.82) is 0 Å². The maximum absolute atomic E-state index is 5.21. The molecule has 84 valence electrons. The minimum Gasteiger partial charge on any atom is -0.497 e. The molecule has 3 heteroatoms. The third-order valence-corrected chi connectivity index (χ3v) is 3.76. The molecule has 0 spiro atoms. The molecule has 2 aromatic rings. The summed E-state index contributed by atoms with van der Waals surface area (Å²) in [5.41, 5.74) is 1.12. The number of hydrogen-bond acceptors (Lipinski definition) is 3. The smallest absolute Gasteiger partial charge is 0.123 e. The first-order chi connectivity index (χ1) is 7.70. The van der Waals surface area contributed by atoms with E-state index >= 15 is 0 Å². The Hall–Kier alpha value is -1.35. The van der Waals surface area contributed by atoms with Gasteiger partial charge in [0.15, 0.2) is 0 Å². The summed E-state index contributed by atoms with van der Waals surface area (Å²) in [5, 5.41) is 1.06. The van der Waals surface area contributed by atoms with Gasteiger partial charge in [-0.25, -0.2) is 4.98 Å². The Kier molecular flexibility index (Phi) is 3.25. The van der Waals surface area contributed by atoms with Crippen molar-refractivity contribution < 1.29 is 4.74 Å². The zero-order valence-electron chi connectivity index (χ0n) is 9.73. The second-order valence-electron chi connectivity index (χ2n) is 3.95. The summed E-state index contributed by atoms with van der Waals surface area (Å²) < 4.78 is 5.21.